The van der Waals surface area contributed by atoms with Gasteiger partial charge < -0.3 is 9.94 Å². The monoisotopic (exact) mass is 257 g/mol. The van der Waals surface area contributed by atoms with Crippen molar-refractivity contribution in [1.82, 2.24) is 5.48 Å². The van der Waals surface area contributed by atoms with Crippen LogP contribution in [0.3, 0.4) is 0 Å². The molecule has 18 heavy (non-hydrogen) atoms. The van der Waals surface area contributed by atoms with Gasteiger partial charge in [-0.05, 0) is 11.6 Å². The quantitative estimate of drug-likeness (QED) is 0.555. The van der Waals surface area contributed by atoms with Crippen LogP contribution in [0.15, 0.2) is 36.9 Å². The Morgan fingerprint density at radius 1 is 1.44 bits per heavy atom. The summed E-state index contributed by atoms with van der Waals surface area (Å²) in [5.41, 5.74) is 2.40. The average molecular weight is 257 g/mol. The van der Waals surface area contributed by atoms with Crippen LogP contribution in [0, 0.1) is 5.82 Å². The van der Waals surface area contributed by atoms with Crippen LogP contribution in [-0.2, 0) is 4.74 Å². The first-order valence-electron chi connectivity index (χ1n) is 5.64. The lowest BCUT2D eigenvalue weighted by Crippen LogP contribution is -2.25. The summed E-state index contributed by atoms with van der Waals surface area (Å²) in [5.74, 6) is -0.776. The number of alkyl halides is 1. The van der Waals surface area contributed by atoms with Crippen LogP contribution in [0.25, 0.3) is 0 Å². The van der Waals surface area contributed by atoms with Crippen LogP contribution in [0.1, 0.15) is 11.5 Å². The third-order valence-corrected chi connectivity index (χ3v) is 2.61. The van der Waals surface area contributed by atoms with Crippen molar-refractivity contribution in [2.24, 2.45) is 0 Å². The van der Waals surface area contributed by atoms with Crippen LogP contribution >= 0.6 is 0 Å². The molecule has 2 atom stereocenters. The van der Waals surface area contributed by atoms with E-state index in [-0.39, 0.29) is 19.0 Å². The Hall–Kier alpha value is -1.30. The van der Waals surface area contributed by atoms with Crippen LogP contribution in [0.5, 0.6) is 0 Å². The normalized spacial score (nSPS) is 14.2. The Balaban J connectivity index is 2.71. The highest BCUT2D eigenvalue weighted by atomic mass is 19.1. The molecule has 0 aliphatic carbocycles. The number of halogens is 2. The fourth-order valence-corrected chi connectivity index (χ4v) is 1.59. The maximum Gasteiger partial charge on any atom is 0.126 e. The second kappa shape index (κ2) is 7.92. The molecular weight excluding hydrogens is 240 g/mol. The number of ether oxygens (including phenoxy) is 1. The standard InChI is InChI=1S/C13H17F2NO2/c1-2-11(7-14)18-9-10(8-16-17)12-5-3-4-6-13(12)15/h2-6,10-11,16-17H,1,7-9H2. The van der Waals surface area contributed by atoms with Crippen molar-refractivity contribution in [3.8, 4) is 0 Å². The molecule has 2 unspecified atom stereocenters. The predicted molar refractivity (Wildman–Crippen MR) is 64.8 cm³/mol. The summed E-state index contributed by atoms with van der Waals surface area (Å²) in [6.45, 7) is 2.98. The molecule has 2 N–H and O–H groups in total. The van der Waals surface area contributed by atoms with E-state index in [2.05, 4.69) is 6.58 Å². The maximum atomic E-state index is 13.6. The lowest BCUT2D eigenvalue weighted by molar-refractivity contribution is 0.0478. The summed E-state index contributed by atoms with van der Waals surface area (Å²) < 4.78 is 31.3. The Morgan fingerprint density at radius 3 is 2.72 bits per heavy atom. The molecule has 0 radical (unpaired) electrons. The molecule has 0 aromatic heterocycles. The van der Waals surface area contributed by atoms with Gasteiger partial charge in [0.25, 0.3) is 0 Å². The van der Waals surface area contributed by atoms with Gasteiger partial charge in [0.1, 0.15) is 18.6 Å². The number of rotatable bonds is 8. The van der Waals surface area contributed by atoms with Gasteiger partial charge in [0.2, 0.25) is 0 Å². The zero-order valence-electron chi connectivity index (χ0n) is 9.98. The van der Waals surface area contributed by atoms with E-state index in [1.165, 1.54) is 12.1 Å². The second-order valence-corrected chi connectivity index (χ2v) is 3.84. The molecule has 5 heteroatoms. The van der Waals surface area contributed by atoms with Crippen molar-refractivity contribution in [2.75, 3.05) is 19.8 Å². The van der Waals surface area contributed by atoms with Crippen molar-refractivity contribution >= 4 is 0 Å². The number of nitrogens with one attached hydrogen (secondary N) is 1. The van der Waals surface area contributed by atoms with Gasteiger partial charge in [0.15, 0.2) is 0 Å². The first-order chi connectivity index (χ1) is 8.72. The summed E-state index contributed by atoms with van der Waals surface area (Å²) in [6.07, 6.45) is 0.642. The molecule has 0 amide bonds. The minimum absolute atomic E-state index is 0.0924. The highest BCUT2D eigenvalue weighted by Gasteiger charge is 2.17. The van der Waals surface area contributed by atoms with E-state index in [4.69, 9.17) is 9.94 Å². The van der Waals surface area contributed by atoms with Gasteiger partial charge in [-0.25, -0.2) is 14.3 Å². The molecule has 0 saturated heterocycles. The molecule has 0 fully saturated rings. The molecule has 0 aliphatic heterocycles. The summed E-state index contributed by atoms with van der Waals surface area (Å²) in [7, 11) is 0. The molecule has 1 rings (SSSR count). The Bertz CT molecular complexity index is 374. The van der Waals surface area contributed by atoms with Gasteiger partial charge in [-0.1, -0.05) is 24.3 Å². The van der Waals surface area contributed by atoms with Gasteiger partial charge in [0, 0.05) is 12.5 Å². The minimum Gasteiger partial charge on any atom is -0.371 e. The summed E-state index contributed by atoms with van der Waals surface area (Å²) in [5, 5.41) is 8.75. The molecule has 0 bridgehead atoms. The molecule has 0 aliphatic rings. The molecule has 3 nitrogen and oxygen atoms in total. The molecule has 0 saturated carbocycles. The van der Waals surface area contributed by atoms with E-state index in [1.54, 1.807) is 18.2 Å². The van der Waals surface area contributed by atoms with Crippen LogP contribution in [-0.4, -0.2) is 31.1 Å². The van der Waals surface area contributed by atoms with E-state index in [1.807, 2.05) is 5.48 Å². The zero-order valence-corrected chi connectivity index (χ0v) is 9.98. The van der Waals surface area contributed by atoms with E-state index in [0.29, 0.717) is 5.56 Å². The van der Waals surface area contributed by atoms with Crippen molar-refractivity contribution in [2.45, 2.75) is 12.0 Å². The Labute approximate surface area is 105 Å². The SMILES string of the molecule is C=CC(CF)OCC(CNO)c1ccccc1F. The first-order valence-corrected chi connectivity index (χ1v) is 5.64. The van der Waals surface area contributed by atoms with Crippen molar-refractivity contribution < 1.29 is 18.7 Å². The zero-order chi connectivity index (χ0) is 13.4. The highest BCUT2D eigenvalue weighted by molar-refractivity contribution is 5.22. The summed E-state index contributed by atoms with van der Waals surface area (Å²) in [6, 6.07) is 6.22. The van der Waals surface area contributed by atoms with E-state index >= 15 is 0 Å². The van der Waals surface area contributed by atoms with Gasteiger partial charge >= 0.3 is 0 Å². The van der Waals surface area contributed by atoms with Crippen LogP contribution in [0.2, 0.25) is 0 Å². The third-order valence-electron chi connectivity index (χ3n) is 2.61. The van der Waals surface area contributed by atoms with Crippen LogP contribution < -0.4 is 5.48 Å². The fourth-order valence-electron chi connectivity index (χ4n) is 1.59. The Morgan fingerprint density at radius 2 is 2.17 bits per heavy atom. The van der Waals surface area contributed by atoms with E-state index < -0.39 is 18.7 Å². The van der Waals surface area contributed by atoms with Gasteiger partial charge in [0.05, 0.1) is 6.61 Å². The highest BCUT2D eigenvalue weighted by Crippen LogP contribution is 2.19. The Kier molecular flexibility index (Phi) is 6.49. The van der Waals surface area contributed by atoms with Crippen molar-refractivity contribution in [3.05, 3.63) is 48.3 Å². The van der Waals surface area contributed by atoms with Gasteiger partial charge in [-0.3, -0.25) is 0 Å². The van der Waals surface area contributed by atoms with Gasteiger partial charge in [-0.2, -0.15) is 0 Å². The average Bonchev–Trinajstić information content (AvgIpc) is 2.39. The van der Waals surface area contributed by atoms with E-state index in [0.717, 1.165) is 0 Å². The first kappa shape index (κ1) is 14.8. The molecule has 1 aromatic rings. The number of benzene rings is 1. The third kappa shape index (κ3) is 4.18. The molecular formula is C13H17F2NO2. The second-order valence-electron chi connectivity index (χ2n) is 3.84. The van der Waals surface area contributed by atoms with Gasteiger partial charge in [-0.15, -0.1) is 6.58 Å². The largest absolute Gasteiger partial charge is 0.371 e. The maximum absolute atomic E-state index is 13.6. The molecule has 0 spiro atoms. The lowest BCUT2D eigenvalue weighted by atomic mass is 9.99. The topological polar surface area (TPSA) is 41.5 Å². The van der Waals surface area contributed by atoms with Crippen molar-refractivity contribution in [1.29, 1.82) is 0 Å². The minimum atomic E-state index is -0.710. The molecule has 0 heterocycles. The summed E-state index contributed by atoms with van der Waals surface area (Å²) in [4.78, 5) is 0. The molecule has 1 aromatic carbocycles. The van der Waals surface area contributed by atoms with Crippen LogP contribution in [0.4, 0.5) is 8.78 Å². The predicted octanol–water partition coefficient (Wildman–Crippen LogP) is 2.43. The summed E-state index contributed by atoms with van der Waals surface area (Å²) >= 11 is 0. The molecule has 100 valence electrons. The lowest BCUT2D eigenvalue weighted by Gasteiger charge is -2.19. The van der Waals surface area contributed by atoms with Crippen molar-refractivity contribution in [3.63, 3.8) is 0 Å². The fraction of sp³-hybridized carbons (Fsp3) is 0.385. The van der Waals surface area contributed by atoms with E-state index in [9.17, 15) is 8.78 Å². The number of hydrogen-bond donors (Lipinski definition) is 2. The number of hydrogen-bond acceptors (Lipinski definition) is 3. The number of hydroxylamine groups is 1. The smallest absolute Gasteiger partial charge is 0.126 e.